The lowest BCUT2D eigenvalue weighted by Crippen LogP contribution is -2.36. The highest BCUT2D eigenvalue weighted by Gasteiger charge is 2.35. The van der Waals surface area contributed by atoms with Gasteiger partial charge in [-0.25, -0.2) is 17.7 Å². The SMILES string of the molecule is CN(C[C@H]1CCc2nccn2C1)S(=O)(=O)Cc1ccccc1C(F)(F)F. The third kappa shape index (κ3) is 4.09. The number of alkyl halides is 3. The van der Waals surface area contributed by atoms with Crippen LogP contribution in [0, 0.1) is 5.92 Å². The number of hydrogen-bond acceptors (Lipinski definition) is 3. The molecule has 0 N–H and O–H groups in total. The number of sulfonamides is 1. The van der Waals surface area contributed by atoms with E-state index in [1.807, 2.05) is 10.8 Å². The van der Waals surface area contributed by atoms with Gasteiger partial charge in [0.15, 0.2) is 0 Å². The summed E-state index contributed by atoms with van der Waals surface area (Å²) in [7, 11) is -2.43. The molecule has 142 valence electrons. The molecule has 2 heterocycles. The third-order valence-corrected chi connectivity index (χ3v) is 6.46. The van der Waals surface area contributed by atoms with Crippen molar-refractivity contribution in [3.8, 4) is 0 Å². The monoisotopic (exact) mass is 387 g/mol. The van der Waals surface area contributed by atoms with E-state index >= 15 is 0 Å². The summed E-state index contributed by atoms with van der Waals surface area (Å²) in [5.74, 6) is 0.419. The molecule has 1 aliphatic heterocycles. The minimum absolute atomic E-state index is 0.106. The first-order valence-corrected chi connectivity index (χ1v) is 9.87. The van der Waals surface area contributed by atoms with E-state index in [0.29, 0.717) is 6.54 Å². The highest BCUT2D eigenvalue weighted by Crippen LogP contribution is 2.33. The second kappa shape index (κ2) is 7.03. The van der Waals surface area contributed by atoms with Gasteiger partial charge in [-0.05, 0) is 24.0 Å². The minimum Gasteiger partial charge on any atom is -0.335 e. The highest BCUT2D eigenvalue weighted by molar-refractivity contribution is 7.88. The van der Waals surface area contributed by atoms with Crippen molar-refractivity contribution in [2.24, 2.45) is 5.92 Å². The average Bonchev–Trinajstić information content (AvgIpc) is 3.01. The molecule has 0 spiro atoms. The number of aryl methyl sites for hydroxylation is 1. The number of fused-ring (bicyclic) bond motifs is 1. The molecule has 0 aliphatic carbocycles. The molecule has 0 amide bonds. The lowest BCUT2D eigenvalue weighted by atomic mass is 10.00. The summed E-state index contributed by atoms with van der Waals surface area (Å²) >= 11 is 0. The molecule has 0 fully saturated rings. The fourth-order valence-electron chi connectivity index (χ4n) is 3.29. The Hall–Kier alpha value is -1.87. The summed E-state index contributed by atoms with van der Waals surface area (Å²) in [5.41, 5.74) is -1.13. The maximum Gasteiger partial charge on any atom is 0.416 e. The van der Waals surface area contributed by atoms with Crippen molar-refractivity contribution in [2.45, 2.75) is 31.3 Å². The zero-order chi connectivity index (χ0) is 18.9. The van der Waals surface area contributed by atoms with Crippen LogP contribution in [0.3, 0.4) is 0 Å². The maximum atomic E-state index is 13.1. The standard InChI is InChI=1S/C17H20F3N3O2S/c1-22(10-13-6-7-16-21-8-9-23(16)11-13)26(24,25)12-14-4-2-3-5-15(14)17(18,19)20/h2-5,8-9,13H,6-7,10-12H2,1H3/t13-/m1/s1. The van der Waals surface area contributed by atoms with Crippen molar-refractivity contribution < 1.29 is 21.6 Å². The number of nitrogens with zero attached hydrogens (tertiary/aromatic N) is 3. The van der Waals surface area contributed by atoms with Crippen molar-refractivity contribution in [2.75, 3.05) is 13.6 Å². The second-order valence-electron chi connectivity index (χ2n) is 6.59. The molecule has 5 nitrogen and oxygen atoms in total. The van der Waals surface area contributed by atoms with Gasteiger partial charge in [-0.2, -0.15) is 13.2 Å². The van der Waals surface area contributed by atoms with Gasteiger partial charge in [0, 0.05) is 39.0 Å². The average molecular weight is 387 g/mol. The molecular formula is C17H20F3N3O2S. The second-order valence-corrected chi connectivity index (χ2v) is 8.67. The number of halogens is 3. The van der Waals surface area contributed by atoms with E-state index in [2.05, 4.69) is 4.98 Å². The molecule has 1 aromatic carbocycles. The van der Waals surface area contributed by atoms with Crippen LogP contribution in [0.25, 0.3) is 0 Å². The van der Waals surface area contributed by atoms with E-state index in [0.717, 1.165) is 24.7 Å². The van der Waals surface area contributed by atoms with Crippen LogP contribution in [0.4, 0.5) is 13.2 Å². The summed E-state index contributed by atoms with van der Waals surface area (Å²) in [4.78, 5) is 4.23. The summed E-state index contributed by atoms with van der Waals surface area (Å²) in [6.07, 6.45) is 0.562. The number of hydrogen-bond donors (Lipinski definition) is 0. The van der Waals surface area contributed by atoms with Crippen molar-refractivity contribution in [3.63, 3.8) is 0 Å². The lowest BCUT2D eigenvalue weighted by Gasteiger charge is -2.28. The Bertz CT molecular complexity index is 877. The zero-order valence-electron chi connectivity index (χ0n) is 14.3. The summed E-state index contributed by atoms with van der Waals surface area (Å²) in [6.45, 7) is 0.933. The van der Waals surface area contributed by atoms with Crippen LogP contribution >= 0.6 is 0 Å². The lowest BCUT2D eigenvalue weighted by molar-refractivity contribution is -0.138. The van der Waals surface area contributed by atoms with Gasteiger partial charge in [0.1, 0.15) is 5.82 Å². The van der Waals surface area contributed by atoms with Gasteiger partial charge < -0.3 is 4.57 Å². The van der Waals surface area contributed by atoms with E-state index < -0.39 is 27.5 Å². The van der Waals surface area contributed by atoms with Gasteiger partial charge >= 0.3 is 6.18 Å². The van der Waals surface area contributed by atoms with Crippen LogP contribution in [0.2, 0.25) is 0 Å². The van der Waals surface area contributed by atoms with E-state index in [4.69, 9.17) is 0 Å². The molecular weight excluding hydrogens is 367 g/mol. The summed E-state index contributed by atoms with van der Waals surface area (Å²) < 4.78 is 67.6. The van der Waals surface area contributed by atoms with Crippen molar-refractivity contribution in [3.05, 3.63) is 53.6 Å². The number of aromatic nitrogens is 2. The predicted molar refractivity (Wildman–Crippen MR) is 90.7 cm³/mol. The first kappa shape index (κ1) is 18.9. The normalized spacial score (nSPS) is 18.1. The molecule has 1 aromatic heterocycles. The van der Waals surface area contributed by atoms with Crippen LogP contribution < -0.4 is 0 Å². The Labute approximate surface area is 150 Å². The number of benzene rings is 1. The molecule has 0 radical (unpaired) electrons. The zero-order valence-corrected chi connectivity index (χ0v) is 15.1. The molecule has 0 bridgehead atoms. The van der Waals surface area contributed by atoms with Crippen molar-refractivity contribution >= 4 is 10.0 Å². The molecule has 26 heavy (non-hydrogen) atoms. The number of rotatable bonds is 5. The molecule has 3 rings (SSSR count). The van der Waals surface area contributed by atoms with E-state index in [-0.39, 0.29) is 18.0 Å². The number of imidazole rings is 1. The molecule has 0 unspecified atom stereocenters. The van der Waals surface area contributed by atoms with Gasteiger partial charge in [0.05, 0.1) is 11.3 Å². The maximum absolute atomic E-state index is 13.1. The van der Waals surface area contributed by atoms with Crippen LogP contribution in [-0.2, 0) is 34.9 Å². The third-order valence-electron chi connectivity index (χ3n) is 4.68. The first-order chi connectivity index (χ1) is 12.2. The Kier molecular flexibility index (Phi) is 5.12. The van der Waals surface area contributed by atoms with Gasteiger partial charge in [0.2, 0.25) is 10.0 Å². The van der Waals surface area contributed by atoms with Gasteiger partial charge in [-0.15, -0.1) is 0 Å². The Morgan fingerprint density at radius 2 is 2.04 bits per heavy atom. The van der Waals surface area contributed by atoms with Gasteiger partial charge in [-0.3, -0.25) is 0 Å². The topological polar surface area (TPSA) is 55.2 Å². The fraction of sp³-hybridized carbons (Fsp3) is 0.471. The van der Waals surface area contributed by atoms with Crippen LogP contribution in [-0.4, -0.2) is 35.9 Å². The summed E-state index contributed by atoms with van der Waals surface area (Å²) in [5, 5.41) is 0. The predicted octanol–water partition coefficient (Wildman–Crippen LogP) is 2.93. The molecule has 0 saturated carbocycles. The Balaban J connectivity index is 1.71. The summed E-state index contributed by atoms with van der Waals surface area (Å²) in [6, 6.07) is 4.80. The highest BCUT2D eigenvalue weighted by atomic mass is 32.2. The largest absolute Gasteiger partial charge is 0.416 e. The molecule has 2 aromatic rings. The van der Waals surface area contributed by atoms with Crippen LogP contribution in [0.5, 0.6) is 0 Å². The van der Waals surface area contributed by atoms with Crippen molar-refractivity contribution in [1.29, 1.82) is 0 Å². The van der Waals surface area contributed by atoms with E-state index in [1.54, 1.807) is 6.20 Å². The minimum atomic E-state index is -4.58. The molecule has 1 atom stereocenters. The quantitative estimate of drug-likeness (QED) is 0.793. The smallest absolute Gasteiger partial charge is 0.335 e. The Morgan fingerprint density at radius 3 is 2.77 bits per heavy atom. The Morgan fingerprint density at radius 1 is 1.31 bits per heavy atom. The van der Waals surface area contributed by atoms with E-state index in [1.165, 1.54) is 29.6 Å². The fourth-order valence-corrected chi connectivity index (χ4v) is 4.60. The van der Waals surface area contributed by atoms with Gasteiger partial charge in [0.25, 0.3) is 0 Å². The first-order valence-electron chi connectivity index (χ1n) is 8.26. The van der Waals surface area contributed by atoms with Gasteiger partial charge in [-0.1, -0.05) is 18.2 Å². The van der Waals surface area contributed by atoms with Crippen LogP contribution in [0.15, 0.2) is 36.7 Å². The molecule has 0 saturated heterocycles. The van der Waals surface area contributed by atoms with Crippen molar-refractivity contribution in [1.82, 2.24) is 13.9 Å². The molecule has 9 heteroatoms. The van der Waals surface area contributed by atoms with Crippen LogP contribution in [0.1, 0.15) is 23.4 Å². The molecule has 1 aliphatic rings. The van der Waals surface area contributed by atoms with E-state index in [9.17, 15) is 21.6 Å².